The molecule has 0 spiro atoms. The molecule has 1 atom stereocenters. The van der Waals surface area contributed by atoms with Crippen molar-refractivity contribution < 1.29 is 27.5 Å². The number of halogens is 3. The lowest BCUT2D eigenvalue weighted by atomic mass is 10.0. The van der Waals surface area contributed by atoms with E-state index in [1.807, 2.05) is 0 Å². The standard InChI is InChI=1S/C20H25F3N2O3/c21-20(22,23)17-7-2-1-6-16(17)19(27)25-12-10-24(11-13-25)18(26)9-8-15-5-3-4-14-28-15/h1-2,6-7,15H,3-5,8-14H2. The van der Waals surface area contributed by atoms with Crippen LogP contribution in [0.15, 0.2) is 24.3 Å². The van der Waals surface area contributed by atoms with Crippen LogP contribution in [-0.4, -0.2) is 60.5 Å². The Morgan fingerprint density at radius 3 is 2.36 bits per heavy atom. The Labute approximate surface area is 162 Å². The molecule has 0 aromatic heterocycles. The Morgan fingerprint density at radius 1 is 1.04 bits per heavy atom. The molecular formula is C20H25F3N2O3. The molecule has 0 radical (unpaired) electrons. The monoisotopic (exact) mass is 398 g/mol. The third-order valence-corrected chi connectivity index (χ3v) is 5.34. The summed E-state index contributed by atoms with van der Waals surface area (Å²) in [5, 5.41) is 0. The summed E-state index contributed by atoms with van der Waals surface area (Å²) in [5.74, 6) is -0.632. The van der Waals surface area contributed by atoms with Crippen molar-refractivity contribution in [1.29, 1.82) is 0 Å². The molecule has 2 saturated heterocycles. The van der Waals surface area contributed by atoms with Crippen molar-refractivity contribution in [3.63, 3.8) is 0 Å². The van der Waals surface area contributed by atoms with Gasteiger partial charge in [0.25, 0.3) is 5.91 Å². The molecule has 2 aliphatic heterocycles. The highest BCUT2D eigenvalue weighted by atomic mass is 19.4. The number of amides is 2. The molecule has 0 aliphatic carbocycles. The number of rotatable bonds is 4. The van der Waals surface area contributed by atoms with Gasteiger partial charge in [-0.05, 0) is 37.8 Å². The van der Waals surface area contributed by atoms with Gasteiger partial charge in [-0.2, -0.15) is 13.2 Å². The summed E-state index contributed by atoms with van der Waals surface area (Å²) < 4.78 is 45.1. The minimum atomic E-state index is -4.58. The maximum absolute atomic E-state index is 13.1. The highest BCUT2D eigenvalue weighted by Gasteiger charge is 2.36. The molecule has 3 rings (SSSR count). The third-order valence-electron chi connectivity index (χ3n) is 5.34. The van der Waals surface area contributed by atoms with Crippen molar-refractivity contribution in [2.24, 2.45) is 0 Å². The van der Waals surface area contributed by atoms with Crippen molar-refractivity contribution in [1.82, 2.24) is 9.80 Å². The summed E-state index contributed by atoms with van der Waals surface area (Å²) in [6.45, 7) is 1.89. The minimum absolute atomic E-state index is 0.0111. The van der Waals surface area contributed by atoms with Gasteiger partial charge in [-0.3, -0.25) is 9.59 Å². The van der Waals surface area contributed by atoms with Gasteiger partial charge in [0, 0.05) is 39.2 Å². The average molecular weight is 398 g/mol. The molecule has 1 aromatic carbocycles. The molecule has 2 fully saturated rings. The van der Waals surface area contributed by atoms with Crippen LogP contribution >= 0.6 is 0 Å². The predicted molar refractivity (Wildman–Crippen MR) is 96.8 cm³/mol. The Kier molecular flexibility index (Phi) is 6.59. The van der Waals surface area contributed by atoms with E-state index in [-0.39, 0.29) is 30.7 Å². The SMILES string of the molecule is O=C(CCC1CCCCO1)N1CCN(C(=O)c2ccccc2C(F)(F)F)CC1. The number of piperazine rings is 1. The van der Waals surface area contributed by atoms with Crippen LogP contribution in [0.3, 0.4) is 0 Å². The van der Waals surface area contributed by atoms with Crippen LogP contribution in [0.2, 0.25) is 0 Å². The molecule has 0 N–H and O–H groups in total. The quantitative estimate of drug-likeness (QED) is 0.782. The van der Waals surface area contributed by atoms with Gasteiger partial charge >= 0.3 is 6.18 Å². The first-order valence-corrected chi connectivity index (χ1v) is 9.71. The Balaban J connectivity index is 1.52. The molecule has 8 heteroatoms. The minimum Gasteiger partial charge on any atom is -0.378 e. The summed E-state index contributed by atoms with van der Waals surface area (Å²) in [6, 6.07) is 4.81. The number of benzene rings is 1. The summed E-state index contributed by atoms with van der Waals surface area (Å²) in [6.07, 6.45) is -0.178. The van der Waals surface area contributed by atoms with Crippen LogP contribution in [0.4, 0.5) is 13.2 Å². The Hall–Kier alpha value is -2.09. The van der Waals surface area contributed by atoms with Gasteiger partial charge in [-0.1, -0.05) is 12.1 Å². The van der Waals surface area contributed by atoms with Gasteiger partial charge in [0.05, 0.1) is 17.2 Å². The molecule has 2 aliphatic rings. The van der Waals surface area contributed by atoms with Gasteiger partial charge in [-0.25, -0.2) is 0 Å². The lowest BCUT2D eigenvalue weighted by Crippen LogP contribution is -2.50. The molecular weight excluding hydrogens is 373 g/mol. The van der Waals surface area contributed by atoms with Crippen molar-refractivity contribution in [3.05, 3.63) is 35.4 Å². The van der Waals surface area contributed by atoms with E-state index in [0.717, 1.165) is 31.9 Å². The molecule has 1 aromatic rings. The molecule has 2 amide bonds. The first-order valence-electron chi connectivity index (χ1n) is 9.71. The fourth-order valence-corrected chi connectivity index (χ4v) is 3.72. The predicted octanol–water partition coefficient (Wildman–Crippen LogP) is 3.34. The van der Waals surface area contributed by atoms with Gasteiger partial charge in [0.15, 0.2) is 0 Å². The largest absolute Gasteiger partial charge is 0.417 e. The average Bonchev–Trinajstić information content (AvgIpc) is 2.72. The van der Waals surface area contributed by atoms with Crippen LogP contribution in [-0.2, 0) is 15.7 Å². The normalized spacial score (nSPS) is 20.9. The van der Waals surface area contributed by atoms with Crippen LogP contribution < -0.4 is 0 Å². The van der Waals surface area contributed by atoms with E-state index < -0.39 is 17.6 Å². The fourth-order valence-electron chi connectivity index (χ4n) is 3.72. The van der Waals surface area contributed by atoms with E-state index in [2.05, 4.69) is 0 Å². The van der Waals surface area contributed by atoms with Gasteiger partial charge in [0.1, 0.15) is 0 Å². The molecule has 5 nitrogen and oxygen atoms in total. The lowest BCUT2D eigenvalue weighted by Gasteiger charge is -2.35. The first-order chi connectivity index (χ1) is 13.4. The fraction of sp³-hybridized carbons (Fsp3) is 0.600. The van der Waals surface area contributed by atoms with Gasteiger partial charge in [0.2, 0.25) is 5.91 Å². The zero-order valence-electron chi connectivity index (χ0n) is 15.7. The summed E-state index contributed by atoms with van der Waals surface area (Å²) >= 11 is 0. The number of hydrogen-bond acceptors (Lipinski definition) is 3. The number of alkyl halides is 3. The molecule has 28 heavy (non-hydrogen) atoms. The van der Waals surface area contributed by atoms with E-state index in [9.17, 15) is 22.8 Å². The zero-order chi connectivity index (χ0) is 20.1. The van der Waals surface area contributed by atoms with Crippen LogP contribution in [0.1, 0.15) is 48.0 Å². The summed E-state index contributed by atoms with van der Waals surface area (Å²) in [4.78, 5) is 28.0. The van der Waals surface area contributed by atoms with E-state index in [1.165, 1.54) is 23.1 Å². The molecule has 154 valence electrons. The first kappa shape index (κ1) is 20.6. The van der Waals surface area contributed by atoms with E-state index in [0.29, 0.717) is 25.9 Å². The Bertz CT molecular complexity index is 694. The second-order valence-electron chi connectivity index (χ2n) is 7.24. The highest BCUT2D eigenvalue weighted by Crippen LogP contribution is 2.32. The molecule has 1 unspecified atom stereocenters. The second kappa shape index (κ2) is 8.94. The number of hydrogen-bond donors (Lipinski definition) is 0. The maximum Gasteiger partial charge on any atom is 0.417 e. The number of carbonyl (C=O) groups is 2. The zero-order valence-corrected chi connectivity index (χ0v) is 15.7. The second-order valence-corrected chi connectivity index (χ2v) is 7.24. The van der Waals surface area contributed by atoms with Crippen molar-refractivity contribution >= 4 is 11.8 Å². The van der Waals surface area contributed by atoms with Crippen LogP contribution in [0.25, 0.3) is 0 Å². The summed E-state index contributed by atoms with van der Waals surface area (Å²) in [5.41, 5.74) is -1.27. The Morgan fingerprint density at radius 2 is 1.71 bits per heavy atom. The van der Waals surface area contributed by atoms with Crippen molar-refractivity contribution in [3.8, 4) is 0 Å². The van der Waals surface area contributed by atoms with E-state index >= 15 is 0 Å². The smallest absolute Gasteiger partial charge is 0.378 e. The van der Waals surface area contributed by atoms with Gasteiger partial charge in [-0.15, -0.1) is 0 Å². The van der Waals surface area contributed by atoms with E-state index in [4.69, 9.17) is 4.74 Å². The van der Waals surface area contributed by atoms with E-state index in [1.54, 1.807) is 4.90 Å². The van der Waals surface area contributed by atoms with Gasteiger partial charge < -0.3 is 14.5 Å². The molecule has 2 heterocycles. The number of carbonyl (C=O) groups excluding carboxylic acids is 2. The molecule has 0 bridgehead atoms. The molecule has 0 saturated carbocycles. The van der Waals surface area contributed by atoms with Crippen LogP contribution in [0, 0.1) is 0 Å². The maximum atomic E-state index is 13.1. The van der Waals surface area contributed by atoms with Crippen LogP contribution in [0.5, 0.6) is 0 Å². The van der Waals surface area contributed by atoms with Crippen molar-refractivity contribution in [2.45, 2.75) is 44.4 Å². The number of nitrogens with zero attached hydrogens (tertiary/aromatic N) is 2. The topological polar surface area (TPSA) is 49.9 Å². The lowest BCUT2D eigenvalue weighted by molar-refractivity contribution is -0.138. The van der Waals surface area contributed by atoms with Crippen molar-refractivity contribution in [2.75, 3.05) is 32.8 Å². The third kappa shape index (κ3) is 5.04. The highest BCUT2D eigenvalue weighted by molar-refractivity contribution is 5.96. The summed E-state index contributed by atoms with van der Waals surface area (Å²) in [7, 11) is 0. The number of ether oxygens (including phenoxy) is 1.